The van der Waals surface area contributed by atoms with Gasteiger partial charge in [-0.3, -0.25) is 9.78 Å². The van der Waals surface area contributed by atoms with E-state index in [1.54, 1.807) is 0 Å². The lowest BCUT2D eigenvalue weighted by molar-refractivity contribution is -0.136. The molecule has 1 saturated heterocycles. The summed E-state index contributed by atoms with van der Waals surface area (Å²) in [7, 11) is 0. The van der Waals surface area contributed by atoms with Crippen LogP contribution in [0.15, 0.2) is 18.2 Å². The SMILES string of the molecule is Cc1cccc(CN2CCCC(NC3CC3)C2=O)n1. The zero-order valence-electron chi connectivity index (χ0n) is 11.4. The minimum atomic E-state index is 0.0334. The molecule has 1 amide bonds. The van der Waals surface area contributed by atoms with Crippen LogP contribution >= 0.6 is 0 Å². The third kappa shape index (κ3) is 3.13. The summed E-state index contributed by atoms with van der Waals surface area (Å²) >= 11 is 0. The smallest absolute Gasteiger partial charge is 0.240 e. The normalized spacial score (nSPS) is 23.7. The van der Waals surface area contributed by atoms with Crippen molar-refractivity contribution in [2.45, 2.75) is 51.2 Å². The first kappa shape index (κ1) is 12.6. The molecule has 1 aliphatic carbocycles. The summed E-state index contributed by atoms with van der Waals surface area (Å²) in [5, 5.41) is 3.46. The number of hydrogen-bond donors (Lipinski definition) is 1. The molecule has 0 radical (unpaired) electrons. The first-order chi connectivity index (χ1) is 9.22. The Kier molecular flexibility index (Phi) is 3.51. The number of likely N-dealkylation sites (tertiary alicyclic amines) is 1. The van der Waals surface area contributed by atoms with E-state index in [0.717, 1.165) is 30.8 Å². The van der Waals surface area contributed by atoms with Gasteiger partial charge < -0.3 is 10.2 Å². The molecule has 2 aliphatic rings. The molecule has 4 nitrogen and oxygen atoms in total. The Balaban J connectivity index is 1.64. The third-order valence-corrected chi connectivity index (χ3v) is 3.84. The number of hydrogen-bond acceptors (Lipinski definition) is 3. The first-order valence-corrected chi connectivity index (χ1v) is 7.20. The molecule has 1 atom stereocenters. The van der Waals surface area contributed by atoms with Gasteiger partial charge in [-0.25, -0.2) is 0 Å². The Morgan fingerprint density at radius 2 is 2.21 bits per heavy atom. The topological polar surface area (TPSA) is 45.2 Å². The van der Waals surface area contributed by atoms with Gasteiger partial charge in [-0.1, -0.05) is 6.07 Å². The lowest BCUT2D eigenvalue weighted by atomic mass is 10.0. The van der Waals surface area contributed by atoms with E-state index in [0.29, 0.717) is 12.6 Å². The lowest BCUT2D eigenvalue weighted by Gasteiger charge is -2.32. The van der Waals surface area contributed by atoms with Crippen LogP contribution in [0.2, 0.25) is 0 Å². The quantitative estimate of drug-likeness (QED) is 0.894. The molecule has 0 bridgehead atoms. The Morgan fingerprint density at radius 3 is 2.95 bits per heavy atom. The summed E-state index contributed by atoms with van der Waals surface area (Å²) < 4.78 is 0. The Bertz CT molecular complexity index is 470. The van der Waals surface area contributed by atoms with Gasteiger partial charge in [-0.05, 0) is 44.7 Å². The lowest BCUT2D eigenvalue weighted by Crippen LogP contribution is -2.50. The van der Waals surface area contributed by atoms with Crippen LogP contribution in [0.5, 0.6) is 0 Å². The second-order valence-corrected chi connectivity index (χ2v) is 5.67. The minimum absolute atomic E-state index is 0.0334. The maximum Gasteiger partial charge on any atom is 0.240 e. The number of aryl methyl sites for hydroxylation is 1. The van der Waals surface area contributed by atoms with Crippen molar-refractivity contribution in [3.05, 3.63) is 29.6 Å². The molecule has 1 N–H and O–H groups in total. The fourth-order valence-corrected chi connectivity index (χ4v) is 2.67. The van der Waals surface area contributed by atoms with Gasteiger partial charge >= 0.3 is 0 Å². The summed E-state index contributed by atoms with van der Waals surface area (Å²) in [5.41, 5.74) is 2.00. The van der Waals surface area contributed by atoms with E-state index < -0.39 is 0 Å². The van der Waals surface area contributed by atoms with Crippen LogP contribution in [0.4, 0.5) is 0 Å². The van der Waals surface area contributed by atoms with Crippen LogP contribution < -0.4 is 5.32 Å². The van der Waals surface area contributed by atoms with E-state index in [1.165, 1.54) is 12.8 Å². The minimum Gasteiger partial charge on any atom is -0.335 e. The van der Waals surface area contributed by atoms with Crippen LogP contribution in [-0.2, 0) is 11.3 Å². The fraction of sp³-hybridized carbons (Fsp3) is 0.600. The molecule has 1 aliphatic heterocycles. The van der Waals surface area contributed by atoms with E-state index in [2.05, 4.69) is 10.3 Å². The standard InChI is InChI=1S/C15H21N3O/c1-11-4-2-5-13(16-11)10-18-9-3-6-14(15(18)19)17-12-7-8-12/h2,4-5,12,14,17H,3,6-10H2,1H3. The molecule has 0 spiro atoms. The van der Waals surface area contributed by atoms with Crippen molar-refractivity contribution < 1.29 is 4.79 Å². The molecule has 2 fully saturated rings. The van der Waals surface area contributed by atoms with Crippen LogP contribution in [0, 0.1) is 6.92 Å². The second-order valence-electron chi connectivity index (χ2n) is 5.67. The van der Waals surface area contributed by atoms with Gasteiger partial charge in [-0.2, -0.15) is 0 Å². The number of aromatic nitrogens is 1. The molecule has 19 heavy (non-hydrogen) atoms. The molecule has 0 aromatic carbocycles. The molecule has 1 saturated carbocycles. The highest BCUT2D eigenvalue weighted by molar-refractivity contribution is 5.82. The van der Waals surface area contributed by atoms with E-state index in [-0.39, 0.29) is 11.9 Å². The molecule has 4 heteroatoms. The van der Waals surface area contributed by atoms with Gasteiger partial charge in [0.05, 0.1) is 18.3 Å². The van der Waals surface area contributed by atoms with E-state index in [9.17, 15) is 4.79 Å². The van der Waals surface area contributed by atoms with Crippen LogP contribution in [0.3, 0.4) is 0 Å². The molecule has 1 aromatic rings. The Morgan fingerprint density at radius 1 is 1.37 bits per heavy atom. The highest BCUT2D eigenvalue weighted by Gasteiger charge is 2.33. The van der Waals surface area contributed by atoms with E-state index in [1.807, 2.05) is 30.0 Å². The van der Waals surface area contributed by atoms with Crippen molar-refractivity contribution in [3.63, 3.8) is 0 Å². The summed E-state index contributed by atoms with van der Waals surface area (Å²) in [4.78, 5) is 18.8. The van der Waals surface area contributed by atoms with Crippen LogP contribution in [0.1, 0.15) is 37.1 Å². The number of carbonyl (C=O) groups is 1. The monoisotopic (exact) mass is 259 g/mol. The maximum absolute atomic E-state index is 12.4. The van der Waals surface area contributed by atoms with Crippen molar-refractivity contribution in [1.29, 1.82) is 0 Å². The highest BCUT2D eigenvalue weighted by Crippen LogP contribution is 2.23. The number of carbonyl (C=O) groups excluding carboxylic acids is 1. The predicted octanol–water partition coefficient (Wildman–Crippen LogP) is 1.63. The summed E-state index contributed by atoms with van der Waals surface area (Å²) in [5.74, 6) is 0.251. The van der Waals surface area contributed by atoms with Gasteiger partial charge in [0.1, 0.15) is 0 Å². The van der Waals surface area contributed by atoms with Crippen molar-refractivity contribution in [1.82, 2.24) is 15.2 Å². The number of rotatable bonds is 4. The highest BCUT2D eigenvalue weighted by atomic mass is 16.2. The van der Waals surface area contributed by atoms with Gasteiger partial charge in [0.15, 0.2) is 0 Å². The summed E-state index contributed by atoms with van der Waals surface area (Å²) in [6, 6.07) is 6.61. The Hall–Kier alpha value is -1.42. The molecule has 3 rings (SSSR count). The number of pyridine rings is 1. The fourth-order valence-electron chi connectivity index (χ4n) is 2.67. The summed E-state index contributed by atoms with van der Waals surface area (Å²) in [6.07, 6.45) is 4.52. The third-order valence-electron chi connectivity index (χ3n) is 3.84. The molecular formula is C15H21N3O. The summed E-state index contributed by atoms with van der Waals surface area (Å²) in [6.45, 7) is 3.49. The van der Waals surface area contributed by atoms with Crippen molar-refractivity contribution in [3.8, 4) is 0 Å². The number of nitrogens with zero attached hydrogens (tertiary/aromatic N) is 2. The first-order valence-electron chi connectivity index (χ1n) is 7.20. The number of nitrogens with one attached hydrogen (secondary N) is 1. The van der Waals surface area contributed by atoms with E-state index >= 15 is 0 Å². The Labute approximate surface area is 114 Å². The predicted molar refractivity (Wildman–Crippen MR) is 73.6 cm³/mol. The largest absolute Gasteiger partial charge is 0.335 e. The molecule has 1 aromatic heterocycles. The maximum atomic E-state index is 12.4. The van der Waals surface area contributed by atoms with Crippen molar-refractivity contribution in [2.24, 2.45) is 0 Å². The number of amides is 1. The molecule has 102 valence electrons. The second kappa shape index (κ2) is 5.29. The zero-order chi connectivity index (χ0) is 13.2. The average molecular weight is 259 g/mol. The molecule has 1 unspecified atom stereocenters. The van der Waals surface area contributed by atoms with Gasteiger partial charge in [0.2, 0.25) is 5.91 Å². The van der Waals surface area contributed by atoms with Gasteiger partial charge in [0, 0.05) is 18.3 Å². The zero-order valence-corrected chi connectivity index (χ0v) is 11.4. The molecular weight excluding hydrogens is 238 g/mol. The molecule has 2 heterocycles. The van der Waals surface area contributed by atoms with E-state index in [4.69, 9.17) is 0 Å². The number of piperidine rings is 1. The van der Waals surface area contributed by atoms with Gasteiger partial charge in [0.25, 0.3) is 0 Å². The van der Waals surface area contributed by atoms with Crippen LogP contribution in [-0.4, -0.2) is 34.4 Å². The van der Waals surface area contributed by atoms with Crippen LogP contribution in [0.25, 0.3) is 0 Å². The van der Waals surface area contributed by atoms with Gasteiger partial charge in [-0.15, -0.1) is 0 Å². The average Bonchev–Trinajstić information content (AvgIpc) is 3.18. The van der Waals surface area contributed by atoms with Crippen molar-refractivity contribution >= 4 is 5.91 Å². The van der Waals surface area contributed by atoms with Crippen molar-refractivity contribution in [2.75, 3.05) is 6.54 Å².